The summed E-state index contributed by atoms with van der Waals surface area (Å²) >= 11 is 0. The molecule has 0 bridgehead atoms. The van der Waals surface area contributed by atoms with Crippen LogP contribution in [-0.4, -0.2) is 28.2 Å². The third kappa shape index (κ3) is 3.44. The van der Waals surface area contributed by atoms with Gasteiger partial charge in [-0.25, -0.2) is 0 Å². The summed E-state index contributed by atoms with van der Waals surface area (Å²) in [6, 6.07) is 9.27. The van der Waals surface area contributed by atoms with Gasteiger partial charge in [0.05, 0.1) is 11.3 Å². The van der Waals surface area contributed by atoms with Gasteiger partial charge < -0.3 is 5.32 Å². The van der Waals surface area contributed by atoms with Crippen molar-refractivity contribution in [3.63, 3.8) is 0 Å². The predicted octanol–water partition coefficient (Wildman–Crippen LogP) is 3.01. The van der Waals surface area contributed by atoms with Crippen LogP contribution < -0.4 is 5.32 Å². The minimum Gasteiger partial charge on any atom is -0.313 e. The largest absolute Gasteiger partial charge is 0.313 e. The summed E-state index contributed by atoms with van der Waals surface area (Å²) in [6.07, 6.45) is 6.32. The highest BCUT2D eigenvalue weighted by atomic mass is 16.1. The van der Waals surface area contributed by atoms with Gasteiger partial charge in [-0.2, -0.15) is 5.10 Å². The lowest BCUT2D eigenvalue weighted by Gasteiger charge is -2.05. The topological polar surface area (TPSA) is 46.9 Å². The first-order valence-electron chi connectivity index (χ1n) is 8.96. The van der Waals surface area contributed by atoms with Gasteiger partial charge in [-0.3, -0.25) is 9.48 Å². The van der Waals surface area contributed by atoms with Crippen LogP contribution in [0.4, 0.5) is 0 Å². The number of carbonyl (C=O) groups excluding carboxylic acids is 1. The Morgan fingerprint density at radius 3 is 2.67 bits per heavy atom. The van der Waals surface area contributed by atoms with Crippen molar-refractivity contribution in [3.05, 3.63) is 52.8 Å². The molecular formula is C20H25N3O. The minimum absolute atomic E-state index is 0.142. The van der Waals surface area contributed by atoms with E-state index in [9.17, 15) is 4.79 Å². The van der Waals surface area contributed by atoms with E-state index >= 15 is 0 Å². The fraction of sp³-hybridized carbons (Fsp3) is 0.500. The quantitative estimate of drug-likeness (QED) is 0.797. The summed E-state index contributed by atoms with van der Waals surface area (Å²) in [6.45, 7) is 3.08. The van der Waals surface area contributed by atoms with Gasteiger partial charge in [0.1, 0.15) is 0 Å². The van der Waals surface area contributed by atoms with Crippen LogP contribution in [0.3, 0.4) is 0 Å². The molecule has 2 aliphatic carbocycles. The Morgan fingerprint density at radius 2 is 2.04 bits per heavy atom. The number of aromatic nitrogens is 2. The molecule has 2 atom stereocenters. The molecule has 2 unspecified atom stereocenters. The molecule has 126 valence electrons. The Labute approximate surface area is 143 Å². The lowest BCUT2D eigenvalue weighted by Crippen LogP contribution is -2.20. The molecule has 0 radical (unpaired) electrons. The molecule has 0 spiro atoms. The number of benzene rings is 1. The van der Waals surface area contributed by atoms with Gasteiger partial charge in [0.15, 0.2) is 5.78 Å². The van der Waals surface area contributed by atoms with Crippen LogP contribution in [0, 0.1) is 12.8 Å². The highest BCUT2D eigenvalue weighted by Crippen LogP contribution is 2.41. The fourth-order valence-corrected chi connectivity index (χ4v) is 3.47. The third-order valence-electron chi connectivity index (χ3n) is 5.24. The average Bonchev–Trinajstić information content (AvgIpc) is 3.45. The summed E-state index contributed by atoms with van der Waals surface area (Å²) in [5.74, 6) is 1.74. The standard InChI is InChI=1S/C20H25N3O/c1-13-18(12-23(2)22-13)20(24)9-14-5-7-16(8-6-14)17-10-19(17)21-11-15-3-4-15/h5-8,12,15,17,19,21H,3-4,9-11H2,1-2H3. The monoisotopic (exact) mass is 323 g/mol. The summed E-state index contributed by atoms with van der Waals surface area (Å²) in [5, 5.41) is 7.93. The lowest BCUT2D eigenvalue weighted by atomic mass is 10.0. The highest BCUT2D eigenvalue weighted by molar-refractivity contribution is 5.98. The maximum absolute atomic E-state index is 12.4. The second-order valence-electron chi connectivity index (χ2n) is 7.44. The van der Waals surface area contributed by atoms with Crippen molar-refractivity contribution in [3.8, 4) is 0 Å². The number of nitrogens with zero attached hydrogens (tertiary/aromatic N) is 2. The first-order chi connectivity index (χ1) is 11.6. The maximum atomic E-state index is 12.4. The second-order valence-corrected chi connectivity index (χ2v) is 7.44. The third-order valence-corrected chi connectivity index (χ3v) is 5.24. The van der Waals surface area contributed by atoms with Crippen LogP contribution in [0.5, 0.6) is 0 Å². The van der Waals surface area contributed by atoms with E-state index in [4.69, 9.17) is 0 Å². The molecule has 1 aromatic carbocycles. The molecule has 2 fully saturated rings. The van der Waals surface area contributed by atoms with Gasteiger partial charge in [0.2, 0.25) is 0 Å². The molecule has 24 heavy (non-hydrogen) atoms. The van der Waals surface area contributed by atoms with Crippen molar-refractivity contribution in [2.24, 2.45) is 13.0 Å². The van der Waals surface area contributed by atoms with Gasteiger partial charge in [-0.1, -0.05) is 24.3 Å². The van der Waals surface area contributed by atoms with Gasteiger partial charge in [-0.15, -0.1) is 0 Å². The molecule has 4 heteroatoms. The Morgan fingerprint density at radius 1 is 1.29 bits per heavy atom. The van der Waals surface area contributed by atoms with E-state index in [0.29, 0.717) is 18.4 Å². The van der Waals surface area contributed by atoms with Crippen molar-refractivity contribution < 1.29 is 4.79 Å². The highest BCUT2D eigenvalue weighted by Gasteiger charge is 2.38. The van der Waals surface area contributed by atoms with Crippen molar-refractivity contribution >= 4 is 5.78 Å². The number of ketones is 1. The number of hydrogen-bond donors (Lipinski definition) is 1. The Kier molecular flexibility index (Phi) is 4.01. The molecular weight excluding hydrogens is 298 g/mol. The summed E-state index contributed by atoms with van der Waals surface area (Å²) < 4.78 is 1.70. The van der Waals surface area contributed by atoms with Crippen molar-refractivity contribution in [1.82, 2.24) is 15.1 Å². The van der Waals surface area contributed by atoms with E-state index in [2.05, 4.69) is 34.7 Å². The number of rotatable bonds is 7. The molecule has 2 saturated carbocycles. The number of hydrogen-bond acceptors (Lipinski definition) is 3. The number of Topliss-reactive ketones (excluding diaryl/α,β-unsaturated/α-hetero) is 1. The molecule has 4 nitrogen and oxygen atoms in total. The first kappa shape index (κ1) is 15.6. The molecule has 2 aromatic rings. The zero-order valence-corrected chi connectivity index (χ0v) is 14.5. The van der Waals surface area contributed by atoms with Crippen molar-refractivity contribution in [2.75, 3.05) is 6.54 Å². The number of aryl methyl sites for hydroxylation is 2. The van der Waals surface area contributed by atoms with Gasteiger partial charge in [-0.05, 0) is 49.8 Å². The molecule has 1 aromatic heterocycles. The zero-order valence-electron chi connectivity index (χ0n) is 14.5. The molecule has 0 amide bonds. The second kappa shape index (κ2) is 6.17. The van der Waals surface area contributed by atoms with E-state index in [1.807, 2.05) is 20.2 Å². The van der Waals surface area contributed by atoms with Crippen LogP contribution in [0.2, 0.25) is 0 Å². The maximum Gasteiger partial charge on any atom is 0.170 e. The molecule has 1 N–H and O–H groups in total. The number of carbonyl (C=O) groups is 1. The first-order valence-corrected chi connectivity index (χ1v) is 8.96. The average molecular weight is 323 g/mol. The Bertz CT molecular complexity index is 743. The van der Waals surface area contributed by atoms with E-state index in [1.165, 1.54) is 31.4 Å². The molecule has 4 rings (SSSR count). The smallest absolute Gasteiger partial charge is 0.170 e. The van der Waals surface area contributed by atoms with E-state index in [0.717, 1.165) is 22.7 Å². The van der Waals surface area contributed by atoms with Gasteiger partial charge in [0.25, 0.3) is 0 Å². The minimum atomic E-state index is 0.142. The SMILES string of the molecule is Cc1nn(C)cc1C(=O)Cc1ccc(C2CC2NCC2CC2)cc1. The van der Waals surface area contributed by atoms with E-state index < -0.39 is 0 Å². The number of nitrogens with one attached hydrogen (secondary N) is 1. The van der Waals surface area contributed by atoms with Crippen LogP contribution in [0.1, 0.15) is 52.4 Å². The summed E-state index contributed by atoms with van der Waals surface area (Å²) in [4.78, 5) is 12.4. The van der Waals surface area contributed by atoms with E-state index in [1.54, 1.807) is 4.68 Å². The summed E-state index contributed by atoms with van der Waals surface area (Å²) in [7, 11) is 1.85. The van der Waals surface area contributed by atoms with Crippen molar-refractivity contribution in [1.29, 1.82) is 0 Å². The van der Waals surface area contributed by atoms with Crippen LogP contribution in [0.25, 0.3) is 0 Å². The lowest BCUT2D eigenvalue weighted by molar-refractivity contribution is 0.0992. The van der Waals surface area contributed by atoms with Gasteiger partial charge >= 0.3 is 0 Å². The molecule has 1 heterocycles. The predicted molar refractivity (Wildman–Crippen MR) is 94.3 cm³/mol. The Hall–Kier alpha value is -1.94. The Balaban J connectivity index is 1.34. The van der Waals surface area contributed by atoms with Crippen LogP contribution >= 0.6 is 0 Å². The van der Waals surface area contributed by atoms with Gasteiger partial charge in [0, 0.05) is 31.6 Å². The van der Waals surface area contributed by atoms with Crippen molar-refractivity contribution in [2.45, 2.75) is 44.6 Å². The van der Waals surface area contributed by atoms with E-state index in [-0.39, 0.29) is 5.78 Å². The van der Waals surface area contributed by atoms with Crippen LogP contribution in [-0.2, 0) is 13.5 Å². The normalized spacial score (nSPS) is 22.6. The summed E-state index contributed by atoms with van der Waals surface area (Å²) in [5.41, 5.74) is 4.02. The fourth-order valence-electron chi connectivity index (χ4n) is 3.47. The molecule has 2 aliphatic rings. The zero-order chi connectivity index (χ0) is 16.7. The molecule has 0 saturated heterocycles. The van der Waals surface area contributed by atoms with Crippen LogP contribution in [0.15, 0.2) is 30.5 Å². The molecule has 0 aliphatic heterocycles.